The van der Waals surface area contributed by atoms with Gasteiger partial charge in [0.1, 0.15) is 0 Å². The molecule has 1 aromatic carbocycles. The summed E-state index contributed by atoms with van der Waals surface area (Å²) in [7, 11) is 0. The topological polar surface area (TPSA) is 23.5 Å². The molecule has 1 aliphatic carbocycles. The van der Waals surface area contributed by atoms with E-state index in [9.17, 15) is 0 Å². The molecule has 2 heteroatoms. The second kappa shape index (κ2) is 5.46. The van der Waals surface area contributed by atoms with Gasteiger partial charge in [0, 0.05) is 18.6 Å². The summed E-state index contributed by atoms with van der Waals surface area (Å²) in [5.41, 5.74) is 1.38. The first-order chi connectivity index (χ1) is 7.86. The van der Waals surface area contributed by atoms with Crippen molar-refractivity contribution in [3.8, 4) is 0 Å². The largest absolute Gasteiger partial charge is 0.395 e. The Hall–Kier alpha value is -0.860. The Balaban J connectivity index is 2.13. The van der Waals surface area contributed by atoms with Crippen LogP contribution in [0.3, 0.4) is 0 Å². The van der Waals surface area contributed by atoms with E-state index < -0.39 is 0 Å². The van der Waals surface area contributed by atoms with Gasteiger partial charge in [0.25, 0.3) is 0 Å². The number of nitrogens with zero attached hydrogens (tertiary/aromatic N) is 1. The zero-order valence-electron chi connectivity index (χ0n) is 9.97. The monoisotopic (exact) mass is 219 g/mol. The summed E-state index contributed by atoms with van der Waals surface area (Å²) in [5, 5.41) is 9.16. The van der Waals surface area contributed by atoms with Gasteiger partial charge in [-0.3, -0.25) is 4.90 Å². The van der Waals surface area contributed by atoms with Crippen molar-refractivity contribution in [1.82, 2.24) is 4.90 Å². The van der Waals surface area contributed by atoms with Crippen LogP contribution in [0, 0.1) is 0 Å². The van der Waals surface area contributed by atoms with Gasteiger partial charge >= 0.3 is 0 Å². The van der Waals surface area contributed by atoms with Crippen molar-refractivity contribution in [3.63, 3.8) is 0 Å². The molecule has 0 saturated heterocycles. The maximum Gasteiger partial charge on any atom is 0.0558 e. The third-order valence-electron chi connectivity index (χ3n) is 3.35. The summed E-state index contributed by atoms with van der Waals surface area (Å²) in [6.07, 6.45) is 3.70. The number of aliphatic hydroxyl groups is 1. The molecule has 0 radical (unpaired) electrons. The van der Waals surface area contributed by atoms with E-state index in [0.717, 1.165) is 13.0 Å². The van der Waals surface area contributed by atoms with Crippen LogP contribution >= 0.6 is 0 Å². The summed E-state index contributed by atoms with van der Waals surface area (Å²) < 4.78 is 0. The Bertz CT molecular complexity index is 308. The molecule has 88 valence electrons. The minimum Gasteiger partial charge on any atom is -0.395 e. The van der Waals surface area contributed by atoms with Crippen molar-refractivity contribution in [3.05, 3.63) is 35.9 Å². The summed E-state index contributed by atoms with van der Waals surface area (Å²) >= 11 is 0. The lowest BCUT2D eigenvalue weighted by molar-refractivity contribution is 0.139. The van der Waals surface area contributed by atoms with E-state index in [0.29, 0.717) is 12.1 Å². The van der Waals surface area contributed by atoms with Crippen molar-refractivity contribution in [2.45, 2.75) is 38.3 Å². The van der Waals surface area contributed by atoms with Crippen LogP contribution in [0.1, 0.15) is 37.8 Å². The van der Waals surface area contributed by atoms with Crippen LogP contribution in [0.4, 0.5) is 0 Å². The Morgan fingerprint density at radius 2 is 2.00 bits per heavy atom. The molecule has 0 spiro atoms. The predicted molar refractivity (Wildman–Crippen MR) is 66.3 cm³/mol. The van der Waals surface area contributed by atoms with Crippen molar-refractivity contribution in [1.29, 1.82) is 0 Å². The molecule has 1 aromatic rings. The van der Waals surface area contributed by atoms with E-state index in [2.05, 4.69) is 42.2 Å². The summed E-state index contributed by atoms with van der Waals surface area (Å²) in [5.74, 6) is 0. The second-order valence-corrected chi connectivity index (χ2v) is 4.53. The van der Waals surface area contributed by atoms with E-state index in [-0.39, 0.29) is 6.61 Å². The van der Waals surface area contributed by atoms with Gasteiger partial charge in [0.15, 0.2) is 0 Å². The first-order valence-electron chi connectivity index (χ1n) is 6.28. The van der Waals surface area contributed by atoms with Gasteiger partial charge < -0.3 is 5.11 Å². The molecular formula is C14H21NO. The fraction of sp³-hybridized carbons (Fsp3) is 0.571. The molecule has 0 heterocycles. The standard InChI is InChI=1S/C14H21NO/c1-2-14(12-6-4-3-5-7-12)15(10-11-16)13-8-9-13/h3-7,13-14,16H,2,8-11H2,1H3/t14-/m1/s1. The molecule has 1 atom stereocenters. The molecule has 0 amide bonds. The average molecular weight is 219 g/mol. The Morgan fingerprint density at radius 3 is 2.50 bits per heavy atom. The molecular weight excluding hydrogens is 198 g/mol. The normalized spacial score (nSPS) is 17.7. The van der Waals surface area contributed by atoms with Gasteiger partial charge in [-0.15, -0.1) is 0 Å². The molecule has 2 rings (SSSR count). The van der Waals surface area contributed by atoms with Gasteiger partial charge in [0.2, 0.25) is 0 Å². The zero-order valence-corrected chi connectivity index (χ0v) is 9.97. The zero-order chi connectivity index (χ0) is 11.4. The summed E-state index contributed by atoms with van der Waals surface area (Å²) in [6.45, 7) is 3.29. The van der Waals surface area contributed by atoms with E-state index >= 15 is 0 Å². The molecule has 0 bridgehead atoms. The molecule has 0 unspecified atom stereocenters. The van der Waals surface area contributed by atoms with Crippen molar-refractivity contribution in [2.24, 2.45) is 0 Å². The van der Waals surface area contributed by atoms with Gasteiger partial charge in [-0.2, -0.15) is 0 Å². The number of hydrogen-bond acceptors (Lipinski definition) is 2. The van der Waals surface area contributed by atoms with E-state index in [1.165, 1.54) is 18.4 Å². The van der Waals surface area contributed by atoms with Gasteiger partial charge in [-0.05, 0) is 24.8 Å². The van der Waals surface area contributed by atoms with Crippen LogP contribution < -0.4 is 0 Å². The number of benzene rings is 1. The van der Waals surface area contributed by atoms with Crippen LogP contribution in [-0.4, -0.2) is 29.2 Å². The van der Waals surface area contributed by atoms with Gasteiger partial charge in [-0.25, -0.2) is 0 Å². The summed E-state index contributed by atoms with van der Waals surface area (Å²) in [6, 6.07) is 11.8. The maximum absolute atomic E-state index is 9.16. The maximum atomic E-state index is 9.16. The predicted octanol–water partition coefficient (Wildman–Crippen LogP) is 2.59. The average Bonchev–Trinajstić information content (AvgIpc) is 3.14. The van der Waals surface area contributed by atoms with Crippen LogP contribution in [0.5, 0.6) is 0 Å². The first kappa shape index (κ1) is 11.6. The Kier molecular flexibility index (Phi) is 3.97. The van der Waals surface area contributed by atoms with Crippen molar-refractivity contribution < 1.29 is 5.11 Å². The highest BCUT2D eigenvalue weighted by Gasteiger charge is 2.33. The highest BCUT2D eigenvalue weighted by molar-refractivity contribution is 5.19. The fourth-order valence-electron chi connectivity index (χ4n) is 2.45. The second-order valence-electron chi connectivity index (χ2n) is 4.53. The van der Waals surface area contributed by atoms with Crippen molar-refractivity contribution in [2.75, 3.05) is 13.2 Å². The van der Waals surface area contributed by atoms with Gasteiger partial charge in [0.05, 0.1) is 6.61 Å². The molecule has 1 aliphatic rings. The SMILES string of the molecule is CC[C@H](c1ccccc1)N(CCO)C1CC1. The molecule has 16 heavy (non-hydrogen) atoms. The van der Waals surface area contributed by atoms with Crippen LogP contribution in [-0.2, 0) is 0 Å². The molecule has 1 N–H and O–H groups in total. The van der Waals surface area contributed by atoms with Gasteiger partial charge in [-0.1, -0.05) is 37.3 Å². The van der Waals surface area contributed by atoms with Crippen molar-refractivity contribution >= 4 is 0 Å². The minimum absolute atomic E-state index is 0.264. The number of aliphatic hydroxyl groups excluding tert-OH is 1. The number of hydrogen-bond donors (Lipinski definition) is 1. The van der Waals surface area contributed by atoms with Crippen LogP contribution in [0.25, 0.3) is 0 Å². The first-order valence-corrected chi connectivity index (χ1v) is 6.28. The van der Waals surface area contributed by atoms with Crippen LogP contribution in [0.2, 0.25) is 0 Å². The quantitative estimate of drug-likeness (QED) is 0.795. The smallest absolute Gasteiger partial charge is 0.0558 e. The molecule has 0 aliphatic heterocycles. The third-order valence-corrected chi connectivity index (χ3v) is 3.35. The lowest BCUT2D eigenvalue weighted by Gasteiger charge is -2.31. The third kappa shape index (κ3) is 2.63. The lowest BCUT2D eigenvalue weighted by atomic mass is 10.0. The minimum atomic E-state index is 0.264. The summed E-state index contributed by atoms with van der Waals surface area (Å²) in [4.78, 5) is 2.47. The molecule has 1 fully saturated rings. The lowest BCUT2D eigenvalue weighted by Crippen LogP contribution is -2.33. The van der Waals surface area contributed by atoms with E-state index in [4.69, 9.17) is 5.11 Å². The van der Waals surface area contributed by atoms with Crippen LogP contribution in [0.15, 0.2) is 30.3 Å². The molecule has 0 aromatic heterocycles. The molecule has 2 nitrogen and oxygen atoms in total. The molecule has 1 saturated carbocycles. The number of rotatable bonds is 6. The van der Waals surface area contributed by atoms with E-state index in [1.54, 1.807) is 0 Å². The highest BCUT2D eigenvalue weighted by atomic mass is 16.3. The van der Waals surface area contributed by atoms with E-state index in [1.807, 2.05) is 0 Å². The highest BCUT2D eigenvalue weighted by Crippen LogP contribution is 2.35. The Labute approximate surface area is 97.9 Å². The fourth-order valence-corrected chi connectivity index (χ4v) is 2.45. The Morgan fingerprint density at radius 1 is 1.31 bits per heavy atom.